The number of hydrogen-bond acceptors (Lipinski definition) is 3. The zero-order chi connectivity index (χ0) is 14.3. The van der Waals surface area contributed by atoms with Crippen LogP contribution in [0.3, 0.4) is 0 Å². The Hall–Kier alpha value is -0.910. The average Bonchev–Trinajstić information content (AvgIpc) is 2.37. The molecule has 0 heterocycles. The lowest BCUT2D eigenvalue weighted by Crippen LogP contribution is -2.34. The molecule has 0 aliphatic rings. The largest absolute Gasteiger partial charge is 0.382 e. The molecule has 0 unspecified atom stereocenters. The van der Waals surface area contributed by atoms with E-state index in [1.807, 2.05) is 25.1 Å². The fourth-order valence-corrected chi connectivity index (χ4v) is 2.04. The van der Waals surface area contributed by atoms with Crippen LogP contribution in [-0.2, 0) is 20.8 Å². The fraction of sp³-hybridized carbons (Fsp3) is 0.500. The molecule has 1 N–H and O–H groups in total. The maximum absolute atomic E-state index is 11.8. The third kappa shape index (κ3) is 5.72. The highest BCUT2D eigenvalue weighted by molar-refractivity contribution is 9.10. The normalized spacial score (nSPS) is 12.2. The highest BCUT2D eigenvalue weighted by atomic mass is 79.9. The highest BCUT2D eigenvalue weighted by Crippen LogP contribution is 2.15. The molecular weight excluding hydrogens is 310 g/mol. The summed E-state index contributed by atoms with van der Waals surface area (Å²) in [5.74, 6) is -0.113. The first-order valence-electron chi connectivity index (χ1n) is 6.18. The molecule has 0 radical (unpaired) electrons. The van der Waals surface area contributed by atoms with Crippen LogP contribution in [0.25, 0.3) is 0 Å². The van der Waals surface area contributed by atoms with Crippen LogP contribution in [0.15, 0.2) is 22.7 Å². The molecule has 19 heavy (non-hydrogen) atoms. The van der Waals surface area contributed by atoms with Crippen LogP contribution in [0, 0.1) is 6.92 Å². The summed E-state index contributed by atoms with van der Waals surface area (Å²) in [6, 6.07) is 5.99. The van der Waals surface area contributed by atoms with Crippen LogP contribution >= 0.6 is 15.9 Å². The average molecular weight is 330 g/mol. The number of hydrogen-bond donors (Lipinski definition) is 1. The van der Waals surface area contributed by atoms with Crippen molar-refractivity contribution in [2.45, 2.75) is 26.5 Å². The number of ether oxygens (including phenoxy) is 2. The van der Waals surface area contributed by atoms with Crippen molar-refractivity contribution in [1.82, 2.24) is 5.32 Å². The zero-order valence-corrected chi connectivity index (χ0v) is 13.1. The molecule has 0 aliphatic heterocycles. The van der Waals surface area contributed by atoms with Gasteiger partial charge in [-0.2, -0.15) is 0 Å². The first kappa shape index (κ1) is 16.1. The van der Waals surface area contributed by atoms with Crippen LogP contribution in [0.2, 0.25) is 0 Å². The van der Waals surface area contributed by atoms with E-state index in [-0.39, 0.29) is 5.91 Å². The number of nitrogens with one attached hydrogen (secondary N) is 1. The van der Waals surface area contributed by atoms with Gasteiger partial charge in [0.15, 0.2) is 0 Å². The minimum Gasteiger partial charge on any atom is -0.382 e. The standard InChI is InChI=1S/C14H20BrNO3/c1-10-8-13(15)5-4-12(10)9-16-14(17)11(2)19-7-6-18-3/h4-5,8,11H,6-7,9H2,1-3H3,(H,16,17)/t11-/m1/s1. The molecule has 4 nitrogen and oxygen atoms in total. The van der Waals surface area contributed by atoms with Gasteiger partial charge in [-0.1, -0.05) is 22.0 Å². The molecular formula is C14H20BrNO3. The first-order valence-corrected chi connectivity index (χ1v) is 6.97. The van der Waals surface area contributed by atoms with E-state index in [0.717, 1.165) is 15.6 Å². The third-order valence-electron chi connectivity index (χ3n) is 2.78. The molecule has 0 saturated heterocycles. The molecule has 1 aromatic rings. The molecule has 0 aromatic heterocycles. The monoisotopic (exact) mass is 329 g/mol. The number of methoxy groups -OCH3 is 1. The summed E-state index contributed by atoms with van der Waals surface area (Å²) in [6.45, 7) is 5.17. The number of carbonyl (C=O) groups is 1. The highest BCUT2D eigenvalue weighted by Gasteiger charge is 2.12. The molecule has 0 bridgehead atoms. The summed E-state index contributed by atoms with van der Waals surface area (Å²) in [7, 11) is 1.60. The number of benzene rings is 1. The summed E-state index contributed by atoms with van der Waals surface area (Å²) in [4.78, 5) is 11.8. The van der Waals surface area contributed by atoms with E-state index in [0.29, 0.717) is 19.8 Å². The Morgan fingerprint density at radius 1 is 1.42 bits per heavy atom. The smallest absolute Gasteiger partial charge is 0.249 e. The van der Waals surface area contributed by atoms with Gasteiger partial charge in [-0.15, -0.1) is 0 Å². The van der Waals surface area contributed by atoms with Gasteiger partial charge >= 0.3 is 0 Å². The predicted octanol–water partition coefficient (Wildman–Crippen LogP) is 2.43. The molecule has 1 atom stereocenters. The van der Waals surface area contributed by atoms with Gasteiger partial charge in [-0.05, 0) is 37.1 Å². The number of amides is 1. The van der Waals surface area contributed by atoms with Gasteiger partial charge in [0.1, 0.15) is 6.10 Å². The van der Waals surface area contributed by atoms with Crippen LogP contribution in [0.5, 0.6) is 0 Å². The van der Waals surface area contributed by atoms with Gasteiger partial charge in [-0.3, -0.25) is 4.79 Å². The van der Waals surface area contributed by atoms with E-state index < -0.39 is 6.10 Å². The summed E-state index contributed by atoms with van der Waals surface area (Å²) in [6.07, 6.45) is -0.467. The molecule has 0 spiro atoms. The molecule has 0 saturated carbocycles. The molecule has 1 rings (SSSR count). The Kier molecular flexibility index (Phi) is 7.05. The second-order valence-corrected chi connectivity index (χ2v) is 5.21. The van der Waals surface area contributed by atoms with Gasteiger partial charge in [0.25, 0.3) is 0 Å². The summed E-state index contributed by atoms with van der Waals surface area (Å²) in [5.41, 5.74) is 2.24. The number of rotatable bonds is 7. The summed E-state index contributed by atoms with van der Waals surface area (Å²) >= 11 is 3.42. The number of halogens is 1. The van der Waals surface area contributed by atoms with Crippen molar-refractivity contribution in [3.05, 3.63) is 33.8 Å². The van der Waals surface area contributed by atoms with Gasteiger partial charge in [0, 0.05) is 18.1 Å². The van der Waals surface area contributed by atoms with Crippen molar-refractivity contribution >= 4 is 21.8 Å². The Balaban J connectivity index is 2.40. The maximum Gasteiger partial charge on any atom is 0.249 e. The molecule has 5 heteroatoms. The van der Waals surface area contributed by atoms with Gasteiger partial charge < -0.3 is 14.8 Å². The lowest BCUT2D eigenvalue weighted by atomic mass is 10.1. The Labute approximate surface area is 122 Å². The minimum absolute atomic E-state index is 0.113. The van der Waals surface area contributed by atoms with Crippen molar-refractivity contribution in [3.8, 4) is 0 Å². The van der Waals surface area contributed by atoms with Gasteiger partial charge in [0.05, 0.1) is 13.2 Å². The van der Waals surface area contributed by atoms with Crippen LogP contribution in [0.4, 0.5) is 0 Å². The lowest BCUT2D eigenvalue weighted by molar-refractivity contribution is -0.132. The van der Waals surface area contributed by atoms with E-state index >= 15 is 0 Å². The third-order valence-corrected chi connectivity index (χ3v) is 3.28. The van der Waals surface area contributed by atoms with Crippen molar-refractivity contribution in [2.24, 2.45) is 0 Å². The zero-order valence-electron chi connectivity index (χ0n) is 11.5. The van der Waals surface area contributed by atoms with Gasteiger partial charge in [0.2, 0.25) is 5.91 Å². The van der Waals surface area contributed by atoms with Gasteiger partial charge in [-0.25, -0.2) is 0 Å². The molecule has 1 amide bonds. The fourth-order valence-electron chi connectivity index (χ4n) is 1.57. The second kappa shape index (κ2) is 8.30. The van der Waals surface area contributed by atoms with Crippen molar-refractivity contribution in [2.75, 3.05) is 20.3 Å². The molecule has 1 aromatic carbocycles. The number of aryl methyl sites for hydroxylation is 1. The number of carbonyl (C=O) groups excluding carboxylic acids is 1. The van der Waals surface area contributed by atoms with E-state index in [4.69, 9.17) is 9.47 Å². The minimum atomic E-state index is -0.467. The van der Waals surface area contributed by atoms with Crippen molar-refractivity contribution in [1.29, 1.82) is 0 Å². The summed E-state index contributed by atoms with van der Waals surface area (Å²) in [5, 5.41) is 2.87. The predicted molar refractivity (Wildman–Crippen MR) is 78.0 cm³/mol. The summed E-state index contributed by atoms with van der Waals surface area (Å²) < 4.78 is 11.2. The van der Waals surface area contributed by atoms with Crippen LogP contribution in [0.1, 0.15) is 18.1 Å². The molecule has 0 aliphatic carbocycles. The van der Waals surface area contributed by atoms with Crippen LogP contribution in [-0.4, -0.2) is 32.3 Å². The van der Waals surface area contributed by atoms with E-state index in [1.165, 1.54) is 0 Å². The Morgan fingerprint density at radius 3 is 2.79 bits per heavy atom. The quantitative estimate of drug-likeness (QED) is 0.781. The van der Waals surface area contributed by atoms with Crippen LogP contribution < -0.4 is 5.32 Å². The maximum atomic E-state index is 11.8. The second-order valence-electron chi connectivity index (χ2n) is 4.29. The van der Waals surface area contributed by atoms with Crippen molar-refractivity contribution < 1.29 is 14.3 Å². The molecule has 0 fully saturated rings. The molecule has 106 valence electrons. The Bertz CT molecular complexity index is 423. The SMILES string of the molecule is COCCO[C@H](C)C(=O)NCc1ccc(Br)cc1C. The first-order chi connectivity index (χ1) is 9.04. The topological polar surface area (TPSA) is 47.6 Å². The van der Waals surface area contributed by atoms with E-state index in [9.17, 15) is 4.79 Å². The Morgan fingerprint density at radius 2 is 2.16 bits per heavy atom. The van der Waals surface area contributed by atoms with E-state index in [1.54, 1.807) is 14.0 Å². The van der Waals surface area contributed by atoms with E-state index in [2.05, 4.69) is 21.2 Å². The lowest BCUT2D eigenvalue weighted by Gasteiger charge is -2.14. The van der Waals surface area contributed by atoms with Crippen molar-refractivity contribution in [3.63, 3.8) is 0 Å².